The van der Waals surface area contributed by atoms with Crippen molar-refractivity contribution < 1.29 is 13.6 Å². The highest BCUT2D eigenvalue weighted by Crippen LogP contribution is 2.37. The van der Waals surface area contributed by atoms with E-state index in [0.29, 0.717) is 6.54 Å². The van der Waals surface area contributed by atoms with Crippen LogP contribution in [-0.2, 0) is 4.79 Å². The molecule has 0 radical (unpaired) electrons. The van der Waals surface area contributed by atoms with Gasteiger partial charge in [-0.25, -0.2) is 8.78 Å². The molecule has 0 aromatic heterocycles. The first kappa shape index (κ1) is 17.9. The number of hydrogen-bond acceptors (Lipinski definition) is 3. The summed E-state index contributed by atoms with van der Waals surface area (Å²) in [6.07, 6.45) is 2.13. The van der Waals surface area contributed by atoms with Gasteiger partial charge in [0, 0.05) is 17.5 Å². The summed E-state index contributed by atoms with van der Waals surface area (Å²) in [7, 11) is 0. The minimum Gasteiger partial charge on any atom is -0.353 e. The molecule has 0 saturated carbocycles. The van der Waals surface area contributed by atoms with Gasteiger partial charge in [0.05, 0.1) is 0 Å². The topological polar surface area (TPSA) is 41.1 Å². The normalized spacial score (nSPS) is 18.1. The van der Waals surface area contributed by atoms with Gasteiger partial charge in [-0.15, -0.1) is 11.8 Å². The van der Waals surface area contributed by atoms with Crippen LogP contribution in [0.1, 0.15) is 23.7 Å². The summed E-state index contributed by atoms with van der Waals surface area (Å²) >= 11 is 1.03. The van der Waals surface area contributed by atoms with Gasteiger partial charge in [-0.05, 0) is 43.1 Å². The fraction of sp³-hybridized carbons (Fsp3) is 0.316. The van der Waals surface area contributed by atoms with Gasteiger partial charge in [-0.3, -0.25) is 4.79 Å². The van der Waals surface area contributed by atoms with Crippen LogP contribution in [0.3, 0.4) is 0 Å². The van der Waals surface area contributed by atoms with E-state index in [0.717, 1.165) is 54.9 Å². The molecule has 2 N–H and O–H groups in total. The number of nitrogens with one attached hydrogen (secondary N) is 2. The van der Waals surface area contributed by atoms with E-state index in [4.69, 9.17) is 0 Å². The third-order valence-electron chi connectivity index (χ3n) is 4.16. The minimum absolute atomic E-state index is 0.128. The van der Waals surface area contributed by atoms with E-state index in [1.54, 1.807) is 0 Å². The molecule has 1 aliphatic rings. The number of amides is 1. The summed E-state index contributed by atoms with van der Waals surface area (Å²) in [5, 5.41) is 5.62. The Balaban J connectivity index is 1.77. The van der Waals surface area contributed by atoms with E-state index in [1.807, 2.05) is 30.3 Å². The van der Waals surface area contributed by atoms with Crippen molar-refractivity contribution in [1.29, 1.82) is 0 Å². The van der Waals surface area contributed by atoms with Crippen molar-refractivity contribution >= 4 is 17.7 Å². The summed E-state index contributed by atoms with van der Waals surface area (Å²) in [5.74, 6) is -1.25. The van der Waals surface area contributed by atoms with Crippen molar-refractivity contribution in [2.45, 2.75) is 29.0 Å². The molecule has 3 nitrogen and oxygen atoms in total. The van der Waals surface area contributed by atoms with Crippen molar-refractivity contribution in [2.24, 2.45) is 0 Å². The third kappa shape index (κ3) is 4.80. The Morgan fingerprint density at radius 3 is 2.76 bits per heavy atom. The summed E-state index contributed by atoms with van der Waals surface area (Å²) in [6, 6.07) is 12.7. The fourth-order valence-corrected chi connectivity index (χ4v) is 3.94. The molecule has 2 unspecified atom stereocenters. The number of rotatable bonds is 6. The number of hydrogen-bond donors (Lipinski definition) is 2. The first-order chi connectivity index (χ1) is 12.1. The molecule has 1 saturated heterocycles. The average molecular weight is 362 g/mol. The van der Waals surface area contributed by atoms with Crippen LogP contribution in [0.15, 0.2) is 53.4 Å². The minimum atomic E-state index is -0.640. The molecule has 0 spiro atoms. The van der Waals surface area contributed by atoms with Gasteiger partial charge in [0.15, 0.2) is 0 Å². The van der Waals surface area contributed by atoms with Crippen molar-refractivity contribution in [3.63, 3.8) is 0 Å². The zero-order chi connectivity index (χ0) is 17.6. The monoisotopic (exact) mass is 362 g/mol. The Labute approximate surface area is 150 Å². The van der Waals surface area contributed by atoms with Crippen molar-refractivity contribution in [3.05, 3.63) is 65.7 Å². The number of benzene rings is 2. The molecule has 25 heavy (non-hydrogen) atoms. The second-order valence-corrected chi connectivity index (χ2v) is 7.17. The Morgan fingerprint density at radius 2 is 2.04 bits per heavy atom. The Morgan fingerprint density at radius 1 is 1.24 bits per heavy atom. The maximum atomic E-state index is 14.0. The molecule has 0 bridgehead atoms. The molecule has 0 aliphatic carbocycles. The van der Waals surface area contributed by atoms with Crippen LogP contribution >= 0.6 is 11.8 Å². The molecule has 3 rings (SSSR count). The van der Waals surface area contributed by atoms with Crippen LogP contribution in [0.2, 0.25) is 0 Å². The first-order valence-electron chi connectivity index (χ1n) is 8.31. The van der Waals surface area contributed by atoms with Crippen molar-refractivity contribution in [1.82, 2.24) is 10.6 Å². The molecule has 1 heterocycles. The molecular weight excluding hydrogens is 342 g/mol. The lowest BCUT2D eigenvalue weighted by Crippen LogP contribution is -2.38. The molecule has 2 aromatic rings. The molecule has 2 atom stereocenters. The number of thioether (sulfide) groups is 1. The Hall–Kier alpha value is -1.92. The van der Waals surface area contributed by atoms with Gasteiger partial charge in [-0.1, -0.05) is 30.3 Å². The maximum absolute atomic E-state index is 14.0. The van der Waals surface area contributed by atoms with Crippen LogP contribution in [0, 0.1) is 11.6 Å². The third-order valence-corrected chi connectivity index (χ3v) is 5.45. The highest BCUT2D eigenvalue weighted by atomic mass is 32.2. The highest BCUT2D eigenvalue weighted by Gasteiger charge is 2.24. The lowest BCUT2D eigenvalue weighted by molar-refractivity contribution is -0.120. The Kier molecular flexibility index (Phi) is 6.04. The molecule has 1 aliphatic heterocycles. The summed E-state index contributed by atoms with van der Waals surface area (Å²) in [5.41, 5.74) is 0.757. The highest BCUT2D eigenvalue weighted by molar-refractivity contribution is 8.00. The molecule has 1 amide bonds. The van der Waals surface area contributed by atoms with Gasteiger partial charge in [0.1, 0.15) is 16.9 Å². The zero-order valence-electron chi connectivity index (χ0n) is 13.7. The van der Waals surface area contributed by atoms with E-state index in [2.05, 4.69) is 10.6 Å². The second-order valence-electron chi connectivity index (χ2n) is 6.02. The standard InChI is InChI=1S/C19H20F2N2OS/c20-14-8-9-16(21)17(11-14)25-18(13-5-2-1-3-6-13)19(24)23-12-15-7-4-10-22-15/h1-3,5-6,8-9,11,15,18,22H,4,7,10,12H2,(H,23,24). The molecular formula is C19H20F2N2OS. The van der Waals surface area contributed by atoms with E-state index in [9.17, 15) is 13.6 Å². The van der Waals surface area contributed by atoms with Crippen LogP contribution in [0.25, 0.3) is 0 Å². The summed E-state index contributed by atoms with van der Waals surface area (Å²) in [6.45, 7) is 1.50. The van der Waals surface area contributed by atoms with Gasteiger partial charge in [0.25, 0.3) is 0 Å². The summed E-state index contributed by atoms with van der Waals surface area (Å²) < 4.78 is 27.5. The van der Waals surface area contributed by atoms with Crippen molar-refractivity contribution in [3.8, 4) is 0 Å². The van der Waals surface area contributed by atoms with Gasteiger partial charge < -0.3 is 10.6 Å². The quantitative estimate of drug-likeness (QED) is 0.771. The lowest BCUT2D eigenvalue weighted by Gasteiger charge is -2.19. The van der Waals surface area contributed by atoms with Gasteiger partial charge in [-0.2, -0.15) is 0 Å². The average Bonchev–Trinajstić information content (AvgIpc) is 3.14. The molecule has 1 fully saturated rings. The van der Waals surface area contributed by atoms with Gasteiger partial charge >= 0.3 is 0 Å². The second kappa shape index (κ2) is 8.45. The molecule has 6 heteroatoms. The van der Waals surface area contributed by atoms with Crippen LogP contribution in [0.4, 0.5) is 8.78 Å². The summed E-state index contributed by atoms with van der Waals surface area (Å²) in [4.78, 5) is 12.9. The first-order valence-corrected chi connectivity index (χ1v) is 9.19. The number of carbonyl (C=O) groups is 1. The SMILES string of the molecule is O=C(NCC1CCCN1)C(Sc1cc(F)ccc1F)c1ccccc1. The van der Waals surface area contributed by atoms with Gasteiger partial charge in [0.2, 0.25) is 5.91 Å². The largest absolute Gasteiger partial charge is 0.353 e. The number of carbonyl (C=O) groups excluding carboxylic acids is 1. The van der Waals surface area contributed by atoms with Crippen LogP contribution in [0.5, 0.6) is 0 Å². The smallest absolute Gasteiger partial charge is 0.238 e. The van der Waals surface area contributed by atoms with Crippen LogP contribution < -0.4 is 10.6 Å². The lowest BCUT2D eigenvalue weighted by atomic mass is 10.1. The molecule has 132 valence electrons. The zero-order valence-corrected chi connectivity index (χ0v) is 14.5. The van der Waals surface area contributed by atoms with Crippen molar-refractivity contribution in [2.75, 3.05) is 13.1 Å². The molecule has 2 aromatic carbocycles. The fourth-order valence-electron chi connectivity index (χ4n) is 2.84. The van der Waals surface area contributed by atoms with Crippen LogP contribution in [-0.4, -0.2) is 25.0 Å². The predicted octanol–water partition coefficient (Wildman–Crippen LogP) is 3.67. The van der Waals surface area contributed by atoms with E-state index >= 15 is 0 Å². The Bertz CT molecular complexity index is 721. The number of halogens is 2. The van der Waals surface area contributed by atoms with E-state index < -0.39 is 16.9 Å². The predicted molar refractivity (Wildman–Crippen MR) is 95.4 cm³/mol. The maximum Gasteiger partial charge on any atom is 0.238 e. The van der Waals surface area contributed by atoms with E-state index in [-0.39, 0.29) is 16.8 Å². The van der Waals surface area contributed by atoms with E-state index in [1.165, 1.54) is 0 Å².